The lowest BCUT2D eigenvalue weighted by atomic mass is 9.80. The van der Waals surface area contributed by atoms with E-state index >= 15 is 0 Å². The molecule has 1 aromatic heterocycles. The molecule has 5 heteroatoms. The Hall–Kier alpha value is -0.545. The third-order valence-corrected chi connectivity index (χ3v) is 3.48. The molecule has 0 aliphatic rings. The molecule has 0 bridgehead atoms. The average Bonchev–Trinajstić information content (AvgIpc) is 2.48. The second-order valence-electron chi connectivity index (χ2n) is 3.17. The molecule has 2 rings (SSSR count). The highest BCUT2D eigenvalue weighted by Crippen LogP contribution is 2.30. The van der Waals surface area contributed by atoms with Crippen LogP contribution >= 0.6 is 22.9 Å². The van der Waals surface area contributed by atoms with Gasteiger partial charge in [0.2, 0.25) is 0 Å². The Labute approximate surface area is 90.9 Å². The number of thiophene rings is 1. The Morgan fingerprint density at radius 1 is 1.36 bits per heavy atom. The molecule has 2 aromatic rings. The monoisotopic (exact) mass is 226 g/mol. The zero-order valence-corrected chi connectivity index (χ0v) is 9.06. The van der Waals surface area contributed by atoms with Gasteiger partial charge < -0.3 is 10.0 Å². The van der Waals surface area contributed by atoms with E-state index in [9.17, 15) is 0 Å². The first-order valence-electron chi connectivity index (χ1n) is 4.13. The van der Waals surface area contributed by atoms with Gasteiger partial charge in [-0.1, -0.05) is 11.6 Å². The molecule has 1 aromatic carbocycles. The Balaban J connectivity index is 2.74. The lowest BCUT2D eigenvalue weighted by Crippen LogP contribution is -2.29. The van der Waals surface area contributed by atoms with Crippen LogP contribution in [0.1, 0.15) is 5.56 Å². The minimum Gasteiger partial charge on any atom is -0.423 e. The van der Waals surface area contributed by atoms with Crippen molar-refractivity contribution in [3.8, 4) is 0 Å². The van der Waals surface area contributed by atoms with Crippen molar-refractivity contribution in [2.45, 2.75) is 6.92 Å². The Kier molecular flexibility index (Phi) is 2.53. The van der Waals surface area contributed by atoms with Gasteiger partial charge in [0.15, 0.2) is 0 Å². The number of fused-ring (bicyclic) bond motifs is 1. The highest BCUT2D eigenvalue weighted by atomic mass is 35.5. The molecule has 0 saturated heterocycles. The summed E-state index contributed by atoms with van der Waals surface area (Å²) in [6, 6.07) is 3.35. The van der Waals surface area contributed by atoms with Crippen molar-refractivity contribution in [1.82, 2.24) is 0 Å². The zero-order chi connectivity index (χ0) is 10.3. The molecule has 0 spiro atoms. The molecule has 0 aliphatic carbocycles. The topological polar surface area (TPSA) is 40.5 Å². The largest absolute Gasteiger partial charge is 0.488 e. The van der Waals surface area contributed by atoms with Gasteiger partial charge in [0, 0.05) is 15.1 Å². The van der Waals surface area contributed by atoms with Gasteiger partial charge in [-0.15, -0.1) is 11.3 Å². The van der Waals surface area contributed by atoms with Crippen molar-refractivity contribution in [3.05, 3.63) is 28.1 Å². The van der Waals surface area contributed by atoms with Crippen molar-refractivity contribution in [1.29, 1.82) is 0 Å². The van der Waals surface area contributed by atoms with E-state index in [0.717, 1.165) is 15.6 Å². The average molecular weight is 226 g/mol. The van der Waals surface area contributed by atoms with Gasteiger partial charge in [0.05, 0.1) is 0 Å². The van der Waals surface area contributed by atoms with Crippen LogP contribution in [0.4, 0.5) is 0 Å². The molecule has 1 heterocycles. The van der Waals surface area contributed by atoms with E-state index in [1.807, 2.05) is 12.3 Å². The Bertz CT molecular complexity index is 481. The maximum absolute atomic E-state index is 9.02. The molecule has 0 unspecified atom stereocenters. The summed E-state index contributed by atoms with van der Waals surface area (Å²) in [6.45, 7) is 1.99. The summed E-state index contributed by atoms with van der Waals surface area (Å²) < 4.78 is 0.984. The smallest absolute Gasteiger partial charge is 0.423 e. The molecule has 0 fully saturated rings. The van der Waals surface area contributed by atoms with Crippen LogP contribution < -0.4 is 5.46 Å². The van der Waals surface area contributed by atoms with E-state index in [-0.39, 0.29) is 0 Å². The molecule has 0 amide bonds. The molecule has 14 heavy (non-hydrogen) atoms. The molecule has 0 atom stereocenters. The number of benzene rings is 1. The first kappa shape index (κ1) is 9.99. The minimum atomic E-state index is -1.46. The van der Waals surface area contributed by atoms with Gasteiger partial charge in [0.25, 0.3) is 0 Å². The molecule has 0 radical (unpaired) electrons. The van der Waals surface area contributed by atoms with Gasteiger partial charge in [-0.05, 0) is 35.5 Å². The summed E-state index contributed by atoms with van der Waals surface area (Å²) in [5.41, 5.74) is 1.55. The molecule has 2 nitrogen and oxygen atoms in total. The highest BCUT2D eigenvalue weighted by Gasteiger charge is 2.14. The van der Waals surface area contributed by atoms with Crippen molar-refractivity contribution >= 4 is 45.6 Å². The van der Waals surface area contributed by atoms with Gasteiger partial charge >= 0.3 is 7.12 Å². The van der Waals surface area contributed by atoms with Crippen LogP contribution in [0, 0.1) is 6.92 Å². The second kappa shape index (κ2) is 3.55. The van der Waals surface area contributed by atoms with Crippen LogP contribution in [0.3, 0.4) is 0 Å². The van der Waals surface area contributed by atoms with E-state index in [0.29, 0.717) is 10.5 Å². The highest BCUT2D eigenvalue weighted by molar-refractivity contribution is 7.17. The lowest BCUT2D eigenvalue weighted by Gasteiger charge is -2.02. The van der Waals surface area contributed by atoms with E-state index < -0.39 is 7.12 Å². The summed E-state index contributed by atoms with van der Waals surface area (Å²) in [6.07, 6.45) is 0. The van der Waals surface area contributed by atoms with Gasteiger partial charge in [0.1, 0.15) is 0 Å². The van der Waals surface area contributed by atoms with Crippen LogP contribution in [-0.4, -0.2) is 17.2 Å². The minimum absolute atomic E-state index is 0.435. The first-order chi connectivity index (χ1) is 6.59. The second-order valence-corrected chi connectivity index (χ2v) is 4.49. The summed E-state index contributed by atoms with van der Waals surface area (Å²) in [4.78, 5) is 0. The zero-order valence-electron chi connectivity index (χ0n) is 7.49. The van der Waals surface area contributed by atoms with E-state index in [4.69, 9.17) is 21.6 Å². The standard InChI is InChI=1S/C9H8BClO2S/c1-5-4-14-8-3-6(10(12)13)2-7(11)9(5)8/h2-4,12-13H,1H3. The normalized spacial score (nSPS) is 10.9. The molecule has 0 aliphatic heterocycles. The molecule has 2 N–H and O–H groups in total. The Morgan fingerprint density at radius 2 is 2.07 bits per heavy atom. The van der Waals surface area contributed by atoms with Gasteiger partial charge in [-0.3, -0.25) is 0 Å². The fourth-order valence-electron chi connectivity index (χ4n) is 1.44. The Morgan fingerprint density at radius 3 is 2.71 bits per heavy atom. The van der Waals surface area contributed by atoms with Crippen LogP contribution in [0.15, 0.2) is 17.5 Å². The van der Waals surface area contributed by atoms with E-state index in [1.54, 1.807) is 23.5 Å². The van der Waals surface area contributed by atoms with Crippen LogP contribution in [-0.2, 0) is 0 Å². The summed E-state index contributed by atoms with van der Waals surface area (Å²) in [5, 5.41) is 21.6. The number of halogens is 1. The predicted octanol–water partition coefficient (Wildman–Crippen LogP) is 1.54. The third-order valence-electron chi connectivity index (χ3n) is 2.13. The summed E-state index contributed by atoms with van der Waals surface area (Å²) >= 11 is 7.59. The number of hydrogen-bond acceptors (Lipinski definition) is 3. The maximum Gasteiger partial charge on any atom is 0.488 e. The summed E-state index contributed by atoms with van der Waals surface area (Å²) in [7, 11) is -1.46. The van der Waals surface area contributed by atoms with Crippen LogP contribution in [0.5, 0.6) is 0 Å². The molecule has 72 valence electrons. The number of rotatable bonds is 1. The summed E-state index contributed by atoms with van der Waals surface area (Å²) in [5.74, 6) is 0. The fourth-order valence-corrected chi connectivity index (χ4v) is 2.88. The van der Waals surface area contributed by atoms with Crippen molar-refractivity contribution < 1.29 is 10.0 Å². The number of hydrogen-bond donors (Lipinski definition) is 2. The van der Waals surface area contributed by atoms with Gasteiger partial charge in [-0.2, -0.15) is 0 Å². The molecular formula is C9H8BClO2S. The maximum atomic E-state index is 9.02. The SMILES string of the molecule is Cc1csc2cc(B(O)O)cc(Cl)c12. The molecular weight excluding hydrogens is 218 g/mol. The first-order valence-corrected chi connectivity index (χ1v) is 5.38. The quantitative estimate of drug-likeness (QED) is 0.724. The lowest BCUT2D eigenvalue weighted by molar-refractivity contribution is 0.426. The van der Waals surface area contributed by atoms with E-state index in [2.05, 4.69) is 0 Å². The van der Waals surface area contributed by atoms with Crippen LogP contribution in [0.2, 0.25) is 5.02 Å². The third kappa shape index (κ3) is 1.55. The van der Waals surface area contributed by atoms with Gasteiger partial charge in [-0.25, -0.2) is 0 Å². The van der Waals surface area contributed by atoms with E-state index in [1.165, 1.54) is 0 Å². The van der Waals surface area contributed by atoms with Crippen molar-refractivity contribution in [2.24, 2.45) is 0 Å². The fraction of sp³-hybridized carbons (Fsp3) is 0.111. The molecule has 0 saturated carbocycles. The predicted molar refractivity (Wildman–Crippen MR) is 61.4 cm³/mol. The van der Waals surface area contributed by atoms with Crippen molar-refractivity contribution in [3.63, 3.8) is 0 Å². The number of aryl methyl sites for hydroxylation is 1. The van der Waals surface area contributed by atoms with Crippen LogP contribution in [0.25, 0.3) is 10.1 Å². The van der Waals surface area contributed by atoms with Crippen molar-refractivity contribution in [2.75, 3.05) is 0 Å².